The van der Waals surface area contributed by atoms with Crippen LogP contribution in [0.1, 0.15) is 49.3 Å². The summed E-state index contributed by atoms with van der Waals surface area (Å²) in [4.78, 5) is 11.9. The molecule has 0 spiro atoms. The summed E-state index contributed by atoms with van der Waals surface area (Å²) in [6.45, 7) is 0.832. The molecule has 1 aliphatic heterocycles. The van der Waals surface area contributed by atoms with Gasteiger partial charge in [-0.3, -0.25) is 10.1 Å². The second-order valence-electron chi connectivity index (χ2n) is 5.65. The number of benzene rings is 1. The molecule has 2 unspecified atom stereocenters. The fourth-order valence-corrected chi connectivity index (χ4v) is 3.27. The molecule has 2 N–H and O–H groups in total. The lowest BCUT2D eigenvalue weighted by molar-refractivity contribution is -0.124. The number of carbonyl (C=O) groups excluding carboxylic acids is 1. The van der Waals surface area contributed by atoms with Gasteiger partial charge in [-0.15, -0.1) is 0 Å². The van der Waals surface area contributed by atoms with Crippen LogP contribution in [0.15, 0.2) is 24.3 Å². The van der Waals surface area contributed by atoms with Crippen molar-refractivity contribution in [2.24, 2.45) is 0 Å². The van der Waals surface area contributed by atoms with Gasteiger partial charge in [0.15, 0.2) is 0 Å². The van der Waals surface area contributed by atoms with Gasteiger partial charge >= 0.3 is 0 Å². The summed E-state index contributed by atoms with van der Waals surface area (Å²) in [7, 11) is 0. The molecule has 3 nitrogen and oxygen atoms in total. The van der Waals surface area contributed by atoms with E-state index >= 15 is 0 Å². The summed E-state index contributed by atoms with van der Waals surface area (Å²) in [6, 6.07) is 9.02. The van der Waals surface area contributed by atoms with Crippen molar-refractivity contribution < 1.29 is 4.79 Å². The Kier molecular flexibility index (Phi) is 3.83. The lowest BCUT2D eigenvalue weighted by Crippen LogP contribution is -2.49. The lowest BCUT2D eigenvalue weighted by atomic mass is 9.97. The van der Waals surface area contributed by atoms with E-state index in [9.17, 15) is 4.79 Å². The van der Waals surface area contributed by atoms with Crippen molar-refractivity contribution in [3.63, 3.8) is 0 Å². The van der Waals surface area contributed by atoms with E-state index in [1.54, 1.807) is 0 Å². The van der Waals surface area contributed by atoms with Crippen molar-refractivity contribution in [2.75, 3.05) is 6.54 Å². The molecule has 0 saturated carbocycles. The number of carbonyl (C=O) groups is 1. The summed E-state index contributed by atoms with van der Waals surface area (Å²) in [5.41, 5.74) is 2.85. The molecule has 2 atom stereocenters. The van der Waals surface area contributed by atoms with E-state index in [0.717, 1.165) is 25.8 Å². The smallest absolute Gasteiger partial charge is 0.237 e. The van der Waals surface area contributed by atoms with Gasteiger partial charge < -0.3 is 5.32 Å². The van der Waals surface area contributed by atoms with Crippen LogP contribution in [0.4, 0.5) is 0 Å². The lowest BCUT2D eigenvalue weighted by Gasteiger charge is -2.28. The van der Waals surface area contributed by atoms with Gasteiger partial charge in [0, 0.05) is 12.6 Å². The van der Waals surface area contributed by atoms with Crippen molar-refractivity contribution in [2.45, 2.75) is 50.6 Å². The van der Waals surface area contributed by atoms with E-state index in [-0.39, 0.29) is 11.9 Å². The van der Waals surface area contributed by atoms with Crippen LogP contribution in [0.2, 0.25) is 0 Å². The third-order valence-electron chi connectivity index (χ3n) is 4.31. The first-order valence-electron chi connectivity index (χ1n) is 7.46. The van der Waals surface area contributed by atoms with Gasteiger partial charge in [-0.05, 0) is 43.2 Å². The first kappa shape index (κ1) is 12.7. The molecule has 102 valence electrons. The van der Waals surface area contributed by atoms with Crippen molar-refractivity contribution in [3.05, 3.63) is 35.4 Å². The van der Waals surface area contributed by atoms with Crippen LogP contribution in [0.5, 0.6) is 0 Å². The average Bonchev–Trinajstić information content (AvgIpc) is 2.64. The van der Waals surface area contributed by atoms with E-state index in [2.05, 4.69) is 34.9 Å². The summed E-state index contributed by atoms with van der Waals surface area (Å²) in [6.07, 6.45) is 6.85. The molecule has 1 heterocycles. The molecule has 1 aromatic rings. The maximum atomic E-state index is 11.9. The maximum Gasteiger partial charge on any atom is 0.237 e. The second-order valence-corrected chi connectivity index (χ2v) is 5.65. The molecule has 0 radical (unpaired) electrons. The molecule has 1 fully saturated rings. The van der Waals surface area contributed by atoms with Gasteiger partial charge in [0.05, 0.1) is 6.04 Å². The van der Waals surface area contributed by atoms with Gasteiger partial charge in [0.2, 0.25) is 5.91 Å². The molecule has 1 saturated heterocycles. The number of amides is 1. The number of fused-ring (bicyclic) bond motifs is 1. The predicted molar refractivity (Wildman–Crippen MR) is 75.9 cm³/mol. The zero-order valence-corrected chi connectivity index (χ0v) is 11.3. The fraction of sp³-hybridized carbons (Fsp3) is 0.562. The largest absolute Gasteiger partial charge is 0.355 e. The van der Waals surface area contributed by atoms with Crippen LogP contribution >= 0.6 is 0 Å². The van der Waals surface area contributed by atoms with Crippen molar-refractivity contribution >= 4 is 5.91 Å². The van der Waals surface area contributed by atoms with Crippen LogP contribution in [0, 0.1) is 0 Å². The van der Waals surface area contributed by atoms with Crippen LogP contribution in [-0.4, -0.2) is 18.5 Å². The minimum atomic E-state index is -0.00935. The normalized spacial score (nSPS) is 27.3. The minimum Gasteiger partial charge on any atom is -0.355 e. The Labute approximate surface area is 114 Å². The molecule has 0 aromatic heterocycles. The fourth-order valence-electron chi connectivity index (χ4n) is 3.27. The average molecular weight is 258 g/mol. The molecule has 3 rings (SSSR count). The van der Waals surface area contributed by atoms with Gasteiger partial charge in [-0.2, -0.15) is 0 Å². The monoisotopic (exact) mass is 258 g/mol. The zero-order chi connectivity index (χ0) is 13.1. The Bertz CT molecular complexity index is 458. The van der Waals surface area contributed by atoms with E-state index in [1.807, 2.05) is 0 Å². The highest BCUT2D eigenvalue weighted by atomic mass is 16.2. The highest BCUT2D eigenvalue weighted by Gasteiger charge is 2.26. The Hall–Kier alpha value is -1.35. The third-order valence-corrected chi connectivity index (χ3v) is 4.31. The number of aryl methyl sites for hydroxylation is 1. The molecule has 1 amide bonds. The van der Waals surface area contributed by atoms with E-state index in [1.165, 1.54) is 30.4 Å². The van der Waals surface area contributed by atoms with Crippen molar-refractivity contribution in [3.8, 4) is 0 Å². The Morgan fingerprint density at radius 3 is 2.79 bits per heavy atom. The number of hydrogen-bond acceptors (Lipinski definition) is 2. The summed E-state index contributed by atoms with van der Waals surface area (Å²) < 4.78 is 0. The SMILES string of the molecule is O=C1NCCCC1NC1CCCCc2ccccc21. The van der Waals surface area contributed by atoms with Crippen LogP contribution in [-0.2, 0) is 11.2 Å². The summed E-state index contributed by atoms with van der Waals surface area (Å²) in [5.74, 6) is 0.174. The number of hydrogen-bond donors (Lipinski definition) is 2. The van der Waals surface area contributed by atoms with E-state index < -0.39 is 0 Å². The quantitative estimate of drug-likeness (QED) is 0.799. The standard InChI is InChI=1S/C16H22N2O/c19-16-15(10-5-11-17-16)18-14-9-4-2-7-12-6-1-3-8-13(12)14/h1,3,6,8,14-15,18H,2,4-5,7,9-11H2,(H,17,19). The van der Waals surface area contributed by atoms with Gasteiger partial charge in [-0.25, -0.2) is 0 Å². The zero-order valence-electron chi connectivity index (χ0n) is 11.3. The minimum absolute atomic E-state index is 0.00935. The van der Waals surface area contributed by atoms with E-state index in [4.69, 9.17) is 0 Å². The molecule has 0 bridgehead atoms. The van der Waals surface area contributed by atoms with Gasteiger partial charge in [-0.1, -0.05) is 30.7 Å². The van der Waals surface area contributed by atoms with Crippen molar-refractivity contribution in [1.29, 1.82) is 0 Å². The Morgan fingerprint density at radius 2 is 1.89 bits per heavy atom. The summed E-state index contributed by atoms with van der Waals surface area (Å²) >= 11 is 0. The Morgan fingerprint density at radius 1 is 1.05 bits per heavy atom. The highest BCUT2D eigenvalue weighted by Crippen LogP contribution is 2.29. The van der Waals surface area contributed by atoms with Crippen LogP contribution < -0.4 is 10.6 Å². The van der Waals surface area contributed by atoms with Crippen LogP contribution in [0.3, 0.4) is 0 Å². The maximum absolute atomic E-state index is 11.9. The number of piperidine rings is 1. The van der Waals surface area contributed by atoms with E-state index in [0.29, 0.717) is 6.04 Å². The predicted octanol–water partition coefficient (Wildman–Crippen LogP) is 2.32. The van der Waals surface area contributed by atoms with Gasteiger partial charge in [0.1, 0.15) is 0 Å². The molecule has 2 aliphatic rings. The van der Waals surface area contributed by atoms with Crippen LogP contribution in [0.25, 0.3) is 0 Å². The second kappa shape index (κ2) is 5.74. The number of rotatable bonds is 2. The molecule has 1 aliphatic carbocycles. The molecular formula is C16H22N2O. The van der Waals surface area contributed by atoms with Gasteiger partial charge in [0.25, 0.3) is 0 Å². The molecular weight excluding hydrogens is 236 g/mol. The Balaban J connectivity index is 1.78. The molecule has 19 heavy (non-hydrogen) atoms. The molecule has 3 heteroatoms. The third kappa shape index (κ3) is 2.81. The first-order valence-corrected chi connectivity index (χ1v) is 7.46. The first-order chi connectivity index (χ1) is 9.34. The summed E-state index contributed by atoms with van der Waals surface area (Å²) in [5, 5.41) is 6.55. The molecule has 1 aromatic carbocycles. The topological polar surface area (TPSA) is 41.1 Å². The highest BCUT2D eigenvalue weighted by molar-refractivity contribution is 5.82. The van der Waals surface area contributed by atoms with Crippen molar-refractivity contribution in [1.82, 2.24) is 10.6 Å². The number of nitrogens with one attached hydrogen (secondary N) is 2.